The van der Waals surface area contributed by atoms with Crippen LogP contribution in [-0.4, -0.2) is 33.0 Å². The highest BCUT2D eigenvalue weighted by Crippen LogP contribution is 2.31. The Hall–Kier alpha value is -2.22. The lowest BCUT2D eigenvalue weighted by atomic mass is 10.2. The molecule has 21 heavy (non-hydrogen) atoms. The van der Waals surface area contributed by atoms with Gasteiger partial charge in [-0.25, -0.2) is 14.7 Å². The lowest BCUT2D eigenvalue weighted by Gasteiger charge is -2.08. The summed E-state index contributed by atoms with van der Waals surface area (Å²) in [4.78, 5) is 23.4. The van der Waals surface area contributed by atoms with E-state index in [2.05, 4.69) is 10.2 Å². The van der Waals surface area contributed by atoms with Crippen LogP contribution in [0.15, 0.2) is 33.0 Å². The molecule has 1 aromatic carbocycles. The predicted octanol–water partition coefficient (Wildman–Crippen LogP) is 1.84. The van der Waals surface area contributed by atoms with Gasteiger partial charge in [0.1, 0.15) is 5.75 Å². The fourth-order valence-corrected chi connectivity index (χ4v) is 2.80. The fraction of sp³-hybridized carbons (Fsp3) is 0.308. The number of aromatic nitrogens is 3. The first-order valence-corrected chi connectivity index (χ1v) is 7.12. The Morgan fingerprint density at radius 3 is 2.90 bits per heavy atom. The van der Waals surface area contributed by atoms with Gasteiger partial charge in [0.2, 0.25) is 0 Å². The molecule has 0 unspecified atom stereocenters. The van der Waals surface area contributed by atoms with Gasteiger partial charge in [0.25, 0.3) is 0 Å². The number of hydrogen-bond donors (Lipinski definition) is 2. The van der Waals surface area contributed by atoms with Gasteiger partial charge in [0.05, 0.1) is 12.7 Å². The van der Waals surface area contributed by atoms with E-state index in [1.165, 1.54) is 17.7 Å². The Kier molecular flexibility index (Phi) is 4.69. The molecule has 0 spiro atoms. The number of hydrogen-bond acceptors (Lipinski definition) is 5. The first kappa shape index (κ1) is 15.2. The molecule has 0 radical (unpaired) electrons. The third kappa shape index (κ3) is 3.27. The van der Waals surface area contributed by atoms with Crippen LogP contribution in [0, 0.1) is 0 Å². The van der Waals surface area contributed by atoms with Crippen molar-refractivity contribution in [1.29, 1.82) is 0 Å². The zero-order chi connectivity index (χ0) is 15.4. The van der Waals surface area contributed by atoms with Crippen molar-refractivity contribution >= 4 is 17.7 Å². The van der Waals surface area contributed by atoms with E-state index in [-0.39, 0.29) is 11.3 Å². The fourth-order valence-electron chi connectivity index (χ4n) is 1.79. The zero-order valence-electron chi connectivity index (χ0n) is 11.6. The summed E-state index contributed by atoms with van der Waals surface area (Å²) < 4.78 is 6.59. The van der Waals surface area contributed by atoms with Crippen molar-refractivity contribution in [3.05, 3.63) is 34.2 Å². The Labute approximate surface area is 124 Å². The van der Waals surface area contributed by atoms with Crippen LogP contribution in [0.25, 0.3) is 0 Å². The summed E-state index contributed by atoms with van der Waals surface area (Å²) >= 11 is 1.12. The molecular weight excluding hydrogens is 294 g/mol. The van der Waals surface area contributed by atoms with Crippen LogP contribution in [-0.2, 0) is 6.54 Å². The van der Waals surface area contributed by atoms with Gasteiger partial charge in [-0.1, -0.05) is 6.92 Å². The van der Waals surface area contributed by atoms with Crippen molar-refractivity contribution in [3.63, 3.8) is 0 Å². The van der Waals surface area contributed by atoms with Crippen LogP contribution in [0.5, 0.6) is 5.75 Å². The van der Waals surface area contributed by atoms with E-state index < -0.39 is 5.97 Å². The second kappa shape index (κ2) is 6.49. The van der Waals surface area contributed by atoms with Crippen molar-refractivity contribution in [2.45, 2.75) is 29.9 Å². The summed E-state index contributed by atoms with van der Waals surface area (Å²) in [7, 11) is 1.51. The lowest BCUT2D eigenvalue weighted by molar-refractivity contribution is 0.0693. The first-order valence-electron chi connectivity index (χ1n) is 6.31. The molecule has 1 heterocycles. The molecule has 0 saturated heterocycles. The minimum Gasteiger partial charge on any atom is -0.497 e. The zero-order valence-corrected chi connectivity index (χ0v) is 12.4. The van der Waals surface area contributed by atoms with Crippen molar-refractivity contribution in [1.82, 2.24) is 14.8 Å². The number of aromatic amines is 1. The number of nitrogens with zero attached hydrogens (tertiary/aromatic N) is 2. The highest BCUT2D eigenvalue weighted by Gasteiger charge is 2.16. The molecule has 8 heteroatoms. The van der Waals surface area contributed by atoms with Gasteiger partial charge in [-0.2, -0.15) is 0 Å². The number of rotatable bonds is 6. The normalized spacial score (nSPS) is 10.6. The first-order chi connectivity index (χ1) is 10.1. The summed E-state index contributed by atoms with van der Waals surface area (Å²) in [6, 6.07) is 4.67. The SMILES string of the molecule is CCCn1c(Sc2cc(OC)ccc2C(=O)O)n[nH]c1=O. The highest BCUT2D eigenvalue weighted by molar-refractivity contribution is 7.99. The van der Waals surface area contributed by atoms with Crippen LogP contribution in [0.3, 0.4) is 0 Å². The van der Waals surface area contributed by atoms with E-state index in [1.807, 2.05) is 6.92 Å². The average molecular weight is 309 g/mol. The average Bonchev–Trinajstić information content (AvgIpc) is 2.80. The number of ether oxygens (including phenoxy) is 1. The smallest absolute Gasteiger partial charge is 0.343 e. The molecule has 2 aromatic rings. The van der Waals surface area contributed by atoms with Gasteiger partial charge in [-0.05, 0) is 36.4 Å². The third-order valence-electron chi connectivity index (χ3n) is 2.79. The molecule has 0 aliphatic carbocycles. The summed E-state index contributed by atoms with van der Waals surface area (Å²) in [6.07, 6.45) is 0.775. The number of carboxylic acids is 1. The molecule has 0 amide bonds. The second-order valence-electron chi connectivity index (χ2n) is 4.23. The molecule has 0 aliphatic rings. The van der Waals surface area contributed by atoms with Crippen LogP contribution >= 0.6 is 11.8 Å². The molecule has 2 rings (SSSR count). The Morgan fingerprint density at radius 2 is 2.29 bits per heavy atom. The molecule has 1 aromatic heterocycles. The van der Waals surface area contributed by atoms with Gasteiger partial charge in [-0.15, -0.1) is 5.10 Å². The second-order valence-corrected chi connectivity index (χ2v) is 5.24. The van der Waals surface area contributed by atoms with E-state index in [4.69, 9.17) is 4.74 Å². The lowest BCUT2D eigenvalue weighted by Crippen LogP contribution is -2.17. The molecule has 0 fully saturated rings. The predicted molar refractivity (Wildman–Crippen MR) is 77.2 cm³/mol. The number of carboxylic acid groups (broad SMARTS) is 1. The van der Waals surface area contributed by atoms with Gasteiger partial charge < -0.3 is 9.84 Å². The number of H-pyrrole nitrogens is 1. The topological polar surface area (TPSA) is 97.2 Å². The molecular formula is C13H15N3O4S. The molecule has 2 N–H and O–H groups in total. The van der Waals surface area contributed by atoms with Gasteiger partial charge in [-0.3, -0.25) is 4.57 Å². The van der Waals surface area contributed by atoms with Crippen molar-refractivity contribution in [3.8, 4) is 5.75 Å². The summed E-state index contributed by atoms with van der Waals surface area (Å²) in [6.45, 7) is 2.46. The van der Waals surface area contributed by atoms with Gasteiger partial charge in [0.15, 0.2) is 5.16 Å². The van der Waals surface area contributed by atoms with Crippen LogP contribution in [0.1, 0.15) is 23.7 Å². The molecule has 7 nitrogen and oxygen atoms in total. The minimum absolute atomic E-state index is 0.138. The summed E-state index contributed by atoms with van der Waals surface area (Å²) in [5, 5.41) is 16.0. The quantitative estimate of drug-likeness (QED) is 0.845. The molecule has 0 aliphatic heterocycles. The van der Waals surface area contributed by atoms with Crippen LogP contribution in [0.2, 0.25) is 0 Å². The van der Waals surface area contributed by atoms with Gasteiger partial charge in [0, 0.05) is 11.4 Å². The van der Waals surface area contributed by atoms with Crippen molar-refractivity contribution < 1.29 is 14.6 Å². The van der Waals surface area contributed by atoms with Crippen molar-refractivity contribution in [2.24, 2.45) is 0 Å². The highest BCUT2D eigenvalue weighted by atomic mass is 32.2. The van der Waals surface area contributed by atoms with Crippen LogP contribution < -0.4 is 10.4 Å². The number of benzene rings is 1. The number of carbonyl (C=O) groups is 1. The van der Waals surface area contributed by atoms with E-state index in [0.29, 0.717) is 22.3 Å². The van der Waals surface area contributed by atoms with E-state index in [9.17, 15) is 14.7 Å². The number of methoxy groups -OCH3 is 1. The third-order valence-corrected chi connectivity index (χ3v) is 3.84. The van der Waals surface area contributed by atoms with Crippen molar-refractivity contribution in [2.75, 3.05) is 7.11 Å². The monoisotopic (exact) mass is 309 g/mol. The Bertz CT molecular complexity index is 708. The summed E-state index contributed by atoms with van der Waals surface area (Å²) in [5.74, 6) is -0.498. The standard InChI is InChI=1S/C13H15N3O4S/c1-3-6-16-12(19)14-15-13(16)21-10-7-8(20-2)4-5-9(10)11(17)18/h4-5,7H,3,6H2,1-2H3,(H,14,19)(H,17,18). The largest absolute Gasteiger partial charge is 0.497 e. The van der Waals surface area contributed by atoms with E-state index in [1.54, 1.807) is 12.1 Å². The number of nitrogens with one attached hydrogen (secondary N) is 1. The Morgan fingerprint density at radius 1 is 1.52 bits per heavy atom. The number of aromatic carboxylic acids is 1. The summed E-state index contributed by atoms with van der Waals surface area (Å²) in [5.41, 5.74) is -0.168. The molecule has 0 atom stereocenters. The minimum atomic E-state index is -1.04. The van der Waals surface area contributed by atoms with Gasteiger partial charge >= 0.3 is 11.7 Å². The van der Waals surface area contributed by atoms with E-state index in [0.717, 1.165) is 18.2 Å². The maximum Gasteiger partial charge on any atom is 0.343 e. The molecule has 0 bridgehead atoms. The van der Waals surface area contributed by atoms with Crippen LogP contribution in [0.4, 0.5) is 0 Å². The molecule has 0 saturated carbocycles. The maximum atomic E-state index is 11.7. The maximum absolute atomic E-state index is 11.7. The molecule has 112 valence electrons. The Balaban J connectivity index is 2.43. The van der Waals surface area contributed by atoms with E-state index >= 15 is 0 Å².